The maximum absolute atomic E-state index is 5.37. The molecule has 2 aromatic rings. The van der Waals surface area contributed by atoms with Gasteiger partial charge in [-0.3, -0.25) is 4.99 Å². The molecule has 1 N–H and O–H groups in total. The van der Waals surface area contributed by atoms with Crippen LogP contribution in [0.2, 0.25) is 0 Å². The zero-order valence-corrected chi connectivity index (χ0v) is 18.3. The highest BCUT2D eigenvalue weighted by Crippen LogP contribution is 2.40. The number of hydrogen-bond acceptors (Lipinski definition) is 4. The molecule has 0 saturated heterocycles. The minimum atomic E-state index is 0.0367. The number of aliphatic imine (C=N–C) groups is 1. The number of nitrogens with zero attached hydrogens (tertiary/aromatic N) is 3. The zero-order valence-electron chi connectivity index (χ0n) is 17.4. The molecule has 3 rings (SSSR count). The summed E-state index contributed by atoms with van der Waals surface area (Å²) in [7, 11) is 5.63. The van der Waals surface area contributed by atoms with Crippen LogP contribution in [0.1, 0.15) is 55.0 Å². The summed E-state index contributed by atoms with van der Waals surface area (Å²) in [6.07, 6.45) is 5.09. The van der Waals surface area contributed by atoms with Crippen molar-refractivity contribution in [1.82, 2.24) is 15.2 Å². The number of hydrogen-bond donors (Lipinski definition) is 1. The summed E-state index contributed by atoms with van der Waals surface area (Å²) in [5.74, 6) is 0.913. The second kappa shape index (κ2) is 9.52. The Labute approximate surface area is 172 Å². The highest BCUT2D eigenvalue weighted by Gasteiger charge is 2.35. The van der Waals surface area contributed by atoms with Crippen molar-refractivity contribution in [2.45, 2.75) is 50.7 Å². The Morgan fingerprint density at radius 3 is 2.68 bits per heavy atom. The summed E-state index contributed by atoms with van der Waals surface area (Å²) in [5, 5.41) is 6.76. The average Bonchev–Trinajstić information content (AvgIpc) is 3.39. The maximum atomic E-state index is 5.37. The van der Waals surface area contributed by atoms with Crippen LogP contribution < -0.4 is 5.32 Å². The van der Waals surface area contributed by atoms with Crippen LogP contribution in [-0.4, -0.2) is 43.6 Å². The van der Waals surface area contributed by atoms with E-state index in [1.165, 1.54) is 31.2 Å². The van der Waals surface area contributed by atoms with Gasteiger partial charge in [-0.2, -0.15) is 0 Å². The molecule has 1 aromatic heterocycles. The fraction of sp³-hybridized carbons (Fsp3) is 0.545. The Bertz CT molecular complexity index is 768. The van der Waals surface area contributed by atoms with Gasteiger partial charge in [0, 0.05) is 38.5 Å². The van der Waals surface area contributed by atoms with E-state index in [1.807, 2.05) is 14.0 Å². The van der Waals surface area contributed by atoms with Gasteiger partial charge in [0.1, 0.15) is 11.1 Å². The molecule has 1 aliphatic rings. The smallest absolute Gasteiger partial charge is 0.193 e. The van der Waals surface area contributed by atoms with Crippen LogP contribution in [0.25, 0.3) is 0 Å². The van der Waals surface area contributed by atoms with E-state index in [9.17, 15) is 0 Å². The first-order chi connectivity index (χ1) is 13.6. The van der Waals surface area contributed by atoms with E-state index < -0.39 is 0 Å². The predicted molar refractivity (Wildman–Crippen MR) is 117 cm³/mol. The van der Waals surface area contributed by atoms with Gasteiger partial charge in [-0.1, -0.05) is 43.2 Å². The molecule has 0 aliphatic heterocycles. The Balaban J connectivity index is 1.64. The molecular weight excluding hydrogens is 368 g/mol. The number of nitrogens with one attached hydrogen (secondary N) is 1. The van der Waals surface area contributed by atoms with Gasteiger partial charge in [0.2, 0.25) is 0 Å². The van der Waals surface area contributed by atoms with Crippen molar-refractivity contribution < 1.29 is 4.74 Å². The topological polar surface area (TPSA) is 49.8 Å². The Hall–Kier alpha value is -1.92. The number of ether oxygens (including phenoxy) is 1. The van der Waals surface area contributed by atoms with E-state index in [0.29, 0.717) is 0 Å². The third kappa shape index (κ3) is 4.73. The van der Waals surface area contributed by atoms with Crippen LogP contribution in [-0.2, 0) is 16.7 Å². The molecule has 1 saturated carbocycles. The van der Waals surface area contributed by atoms with Crippen LogP contribution >= 0.6 is 11.3 Å². The SMILES string of the molecule is CN=C(NCC1(c2ccccc2)CCCC1)N(C)Cc1csc(C(C)OC)n1. The molecular formula is C22H32N4OS. The van der Waals surface area contributed by atoms with E-state index in [1.54, 1.807) is 18.4 Å². The van der Waals surface area contributed by atoms with Gasteiger partial charge >= 0.3 is 0 Å². The van der Waals surface area contributed by atoms with Gasteiger partial charge < -0.3 is 15.0 Å². The first-order valence-electron chi connectivity index (χ1n) is 10.0. The largest absolute Gasteiger partial charge is 0.375 e. The van der Waals surface area contributed by atoms with Gasteiger partial charge in [0.25, 0.3) is 0 Å². The van der Waals surface area contributed by atoms with Crippen LogP contribution in [0.15, 0.2) is 40.7 Å². The Morgan fingerprint density at radius 2 is 2.04 bits per heavy atom. The molecule has 6 heteroatoms. The van der Waals surface area contributed by atoms with Crippen molar-refractivity contribution >= 4 is 17.3 Å². The van der Waals surface area contributed by atoms with Gasteiger partial charge in [-0.05, 0) is 25.3 Å². The Morgan fingerprint density at radius 1 is 1.32 bits per heavy atom. The van der Waals surface area contributed by atoms with Crippen molar-refractivity contribution in [2.75, 3.05) is 27.7 Å². The lowest BCUT2D eigenvalue weighted by molar-refractivity contribution is 0.119. The Kier molecular flexibility index (Phi) is 7.08. The monoisotopic (exact) mass is 400 g/mol. The molecule has 1 unspecified atom stereocenters. The highest BCUT2D eigenvalue weighted by atomic mass is 32.1. The van der Waals surface area contributed by atoms with Gasteiger partial charge in [-0.15, -0.1) is 11.3 Å². The fourth-order valence-electron chi connectivity index (χ4n) is 4.04. The van der Waals surface area contributed by atoms with Crippen molar-refractivity contribution in [3.63, 3.8) is 0 Å². The third-order valence-electron chi connectivity index (χ3n) is 5.78. The van der Waals surface area contributed by atoms with Crippen molar-refractivity contribution in [3.8, 4) is 0 Å². The molecule has 152 valence electrons. The average molecular weight is 401 g/mol. The summed E-state index contributed by atoms with van der Waals surface area (Å²) in [6, 6.07) is 10.9. The summed E-state index contributed by atoms with van der Waals surface area (Å²) in [6.45, 7) is 3.67. The molecule has 0 spiro atoms. The summed E-state index contributed by atoms with van der Waals surface area (Å²) >= 11 is 1.65. The van der Waals surface area contributed by atoms with Crippen LogP contribution in [0.3, 0.4) is 0 Å². The molecule has 1 aromatic carbocycles. The molecule has 1 fully saturated rings. The van der Waals surface area contributed by atoms with Gasteiger partial charge in [0.05, 0.1) is 12.2 Å². The molecule has 0 bridgehead atoms. The van der Waals surface area contributed by atoms with Crippen molar-refractivity contribution in [1.29, 1.82) is 0 Å². The van der Waals surface area contributed by atoms with Crippen molar-refractivity contribution in [3.05, 3.63) is 52.0 Å². The van der Waals surface area contributed by atoms with Gasteiger partial charge in [-0.25, -0.2) is 4.98 Å². The minimum Gasteiger partial charge on any atom is -0.375 e. The number of guanidine groups is 1. The third-order valence-corrected chi connectivity index (χ3v) is 6.83. The highest BCUT2D eigenvalue weighted by molar-refractivity contribution is 7.09. The number of aromatic nitrogens is 1. The number of rotatable bonds is 7. The van der Waals surface area contributed by atoms with Gasteiger partial charge in [0.15, 0.2) is 5.96 Å². The number of thiazole rings is 1. The van der Waals surface area contributed by atoms with Crippen LogP contribution in [0.4, 0.5) is 0 Å². The molecule has 1 atom stereocenters. The van der Waals surface area contributed by atoms with Crippen LogP contribution in [0, 0.1) is 0 Å². The van der Waals surface area contributed by atoms with E-state index in [-0.39, 0.29) is 11.5 Å². The standard InChI is InChI=1S/C22H32N4OS/c1-17(27-4)20-25-19(15-28-20)14-26(3)21(23-2)24-16-22(12-8-9-13-22)18-10-6-5-7-11-18/h5-7,10-11,15,17H,8-9,12-14,16H2,1-4H3,(H,23,24). The predicted octanol–water partition coefficient (Wildman–Crippen LogP) is 4.37. The van der Waals surface area contributed by atoms with E-state index >= 15 is 0 Å². The van der Waals surface area contributed by atoms with Crippen LogP contribution in [0.5, 0.6) is 0 Å². The quantitative estimate of drug-likeness (QED) is 0.554. The minimum absolute atomic E-state index is 0.0367. The lowest BCUT2D eigenvalue weighted by Gasteiger charge is -2.32. The van der Waals surface area contributed by atoms with E-state index in [2.05, 4.69) is 58.0 Å². The molecule has 5 nitrogen and oxygen atoms in total. The summed E-state index contributed by atoms with van der Waals surface area (Å²) in [5.41, 5.74) is 2.70. The fourth-order valence-corrected chi connectivity index (χ4v) is 4.89. The molecule has 0 radical (unpaired) electrons. The number of benzene rings is 1. The summed E-state index contributed by atoms with van der Waals surface area (Å²) in [4.78, 5) is 11.4. The normalized spacial score (nSPS) is 17.5. The first kappa shape index (κ1) is 20.8. The molecule has 1 aliphatic carbocycles. The van der Waals surface area contributed by atoms with E-state index in [4.69, 9.17) is 9.72 Å². The lowest BCUT2D eigenvalue weighted by Crippen LogP contribution is -2.45. The lowest BCUT2D eigenvalue weighted by atomic mass is 9.79. The molecule has 1 heterocycles. The summed E-state index contributed by atoms with van der Waals surface area (Å²) < 4.78 is 5.37. The van der Waals surface area contributed by atoms with E-state index in [0.717, 1.165) is 29.8 Å². The van der Waals surface area contributed by atoms with Crippen molar-refractivity contribution in [2.24, 2.45) is 4.99 Å². The number of methoxy groups -OCH3 is 1. The second-order valence-electron chi connectivity index (χ2n) is 7.67. The molecule has 28 heavy (non-hydrogen) atoms. The first-order valence-corrected chi connectivity index (χ1v) is 10.9. The molecule has 0 amide bonds. The maximum Gasteiger partial charge on any atom is 0.193 e. The zero-order chi connectivity index (χ0) is 20.0. The second-order valence-corrected chi connectivity index (χ2v) is 8.55.